The molecule has 0 bridgehead atoms. The van der Waals surface area contributed by atoms with Gasteiger partial charge in [0, 0.05) is 19.1 Å². The first-order valence-corrected chi connectivity index (χ1v) is 8.17. The number of amides is 2. The number of anilines is 2. The van der Waals surface area contributed by atoms with Gasteiger partial charge in [-0.25, -0.2) is 8.78 Å². The maximum atomic E-state index is 13.9. The molecule has 0 aliphatic carbocycles. The van der Waals surface area contributed by atoms with Crippen LogP contribution in [-0.4, -0.2) is 11.8 Å². The molecule has 0 fully saturated rings. The maximum absolute atomic E-state index is 13.9. The van der Waals surface area contributed by atoms with E-state index in [9.17, 15) is 18.4 Å². The minimum Gasteiger partial charge on any atom is -0.324 e. The van der Waals surface area contributed by atoms with Gasteiger partial charge in [0.15, 0.2) is 0 Å². The summed E-state index contributed by atoms with van der Waals surface area (Å²) in [5.74, 6) is -2.95. The van der Waals surface area contributed by atoms with Crippen LogP contribution in [0.25, 0.3) is 16.8 Å². The van der Waals surface area contributed by atoms with E-state index in [2.05, 4.69) is 10.6 Å². The smallest absolute Gasteiger partial charge is 0.248 e. The van der Waals surface area contributed by atoms with Gasteiger partial charge >= 0.3 is 0 Å². The van der Waals surface area contributed by atoms with Crippen molar-refractivity contribution in [1.82, 2.24) is 0 Å². The molecule has 6 heteroatoms. The van der Waals surface area contributed by atoms with Crippen molar-refractivity contribution in [2.45, 2.75) is 6.92 Å². The van der Waals surface area contributed by atoms with Crippen LogP contribution in [-0.2, 0) is 9.59 Å². The van der Waals surface area contributed by atoms with E-state index >= 15 is 0 Å². The van der Waals surface area contributed by atoms with Gasteiger partial charge < -0.3 is 10.6 Å². The molecule has 0 aliphatic heterocycles. The quantitative estimate of drug-likeness (QED) is 0.656. The predicted molar refractivity (Wildman–Crippen MR) is 102 cm³/mol. The van der Waals surface area contributed by atoms with Crippen LogP contribution in [0.5, 0.6) is 0 Å². The molecule has 0 aromatic heterocycles. The van der Waals surface area contributed by atoms with Gasteiger partial charge in [-0.05, 0) is 28.5 Å². The third-order valence-corrected chi connectivity index (χ3v) is 3.86. The van der Waals surface area contributed by atoms with E-state index in [-0.39, 0.29) is 11.4 Å². The first-order valence-electron chi connectivity index (χ1n) is 8.17. The maximum Gasteiger partial charge on any atom is 0.248 e. The predicted octanol–water partition coefficient (Wildman–Crippen LogP) is 4.73. The molecule has 2 amide bonds. The Hall–Kier alpha value is -3.54. The van der Waals surface area contributed by atoms with Crippen LogP contribution >= 0.6 is 0 Å². The van der Waals surface area contributed by atoms with Crippen LogP contribution in [0, 0.1) is 11.6 Å². The van der Waals surface area contributed by atoms with Gasteiger partial charge in [0.2, 0.25) is 11.8 Å². The normalized spacial score (nSPS) is 10.9. The molecule has 3 aromatic carbocycles. The van der Waals surface area contributed by atoms with Gasteiger partial charge in [0.05, 0.1) is 11.4 Å². The highest BCUT2D eigenvalue weighted by molar-refractivity contribution is 6.04. The van der Waals surface area contributed by atoms with E-state index < -0.39 is 23.4 Å². The monoisotopic (exact) mass is 366 g/mol. The van der Waals surface area contributed by atoms with Gasteiger partial charge in [-0.15, -0.1) is 0 Å². The molecule has 0 saturated heterocycles. The van der Waals surface area contributed by atoms with Crippen molar-refractivity contribution in [2.24, 2.45) is 0 Å². The summed E-state index contributed by atoms with van der Waals surface area (Å²) in [7, 11) is 0. The van der Waals surface area contributed by atoms with Crippen molar-refractivity contribution in [1.29, 1.82) is 0 Å². The molecule has 0 unspecified atom stereocenters. The van der Waals surface area contributed by atoms with Crippen molar-refractivity contribution >= 4 is 40.0 Å². The zero-order chi connectivity index (χ0) is 19.4. The Morgan fingerprint density at radius 2 is 1.56 bits per heavy atom. The summed E-state index contributed by atoms with van der Waals surface area (Å²) in [6, 6.07) is 15.1. The van der Waals surface area contributed by atoms with E-state index in [1.54, 1.807) is 6.08 Å². The summed E-state index contributed by atoms with van der Waals surface area (Å²) >= 11 is 0. The van der Waals surface area contributed by atoms with Crippen molar-refractivity contribution in [3.05, 3.63) is 77.9 Å². The second-order valence-electron chi connectivity index (χ2n) is 5.88. The number of carbonyl (C=O) groups is 2. The number of hydrogen-bond donors (Lipinski definition) is 2. The lowest BCUT2D eigenvalue weighted by molar-refractivity contribution is -0.114. The molecule has 2 N–H and O–H groups in total. The Morgan fingerprint density at radius 3 is 2.30 bits per heavy atom. The third-order valence-electron chi connectivity index (χ3n) is 3.86. The van der Waals surface area contributed by atoms with Gasteiger partial charge in [-0.2, -0.15) is 0 Å². The summed E-state index contributed by atoms with van der Waals surface area (Å²) in [6.07, 6.45) is 2.89. The van der Waals surface area contributed by atoms with E-state index in [0.717, 1.165) is 22.4 Å². The summed E-state index contributed by atoms with van der Waals surface area (Å²) < 4.78 is 27.6. The zero-order valence-corrected chi connectivity index (χ0v) is 14.4. The standard InChI is InChI=1S/C21H16F2N2O2/c1-13(26)24-19-12-20(18(23)11-17(19)22)25-21(27)10-9-15-7-4-6-14-5-2-3-8-16(14)15/h2-12H,1H3,(H,24,26)(H,25,27)/b10-9+. The number of halogens is 2. The van der Waals surface area contributed by atoms with Crippen LogP contribution in [0.4, 0.5) is 20.2 Å². The van der Waals surface area contributed by atoms with E-state index in [1.165, 1.54) is 13.0 Å². The second-order valence-corrected chi connectivity index (χ2v) is 5.88. The van der Waals surface area contributed by atoms with Crippen LogP contribution in [0.1, 0.15) is 12.5 Å². The summed E-state index contributed by atoms with van der Waals surface area (Å²) in [5, 5.41) is 6.60. The Morgan fingerprint density at radius 1 is 0.889 bits per heavy atom. The number of carbonyl (C=O) groups excluding carboxylic acids is 2. The average molecular weight is 366 g/mol. The van der Waals surface area contributed by atoms with Gasteiger partial charge in [-0.1, -0.05) is 42.5 Å². The number of nitrogens with one attached hydrogen (secondary N) is 2. The number of fused-ring (bicyclic) bond motifs is 1. The first-order chi connectivity index (χ1) is 12.9. The van der Waals surface area contributed by atoms with Gasteiger partial charge in [0.1, 0.15) is 11.6 Å². The SMILES string of the molecule is CC(=O)Nc1cc(NC(=O)/C=C/c2cccc3ccccc23)c(F)cc1F. The zero-order valence-electron chi connectivity index (χ0n) is 14.4. The second kappa shape index (κ2) is 7.78. The summed E-state index contributed by atoms with van der Waals surface area (Å²) in [6.45, 7) is 1.20. The molecule has 0 atom stereocenters. The topological polar surface area (TPSA) is 58.2 Å². The number of rotatable bonds is 4. The highest BCUT2D eigenvalue weighted by atomic mass is 19.1. The Bertz CT molecular complexity index is 1060. The first kappa shape index (κ1) is 18.3. The van der Waals surface area contributed by atoms with Crippen molar-refractivity contribution in [2.75, 3.05) is 10.6 Å². The lowest BCUT2D eigenvalue weighted by Crippen LogP contribution is -2.12. The number of hydrogen-bond acceptors (Lipinski definition) is 2. The van der Waals surface area contributed by atoms with Crippen molar-refractivity contribution in [3.8, 4) is 0 Å². The number of benzene rings is 3. The molecular formula is C21H16F2N2O2. The van der Waals surface area contributed by atoms with Crippen LogP contribution in [0.15, 0.2) is 60.7 Å². The van der Waals surface area contributed by atoms with Gasteiger partial charge in [-0.3, -0.25) is 9.59 Å². The molecular weight excluding hydrogens is 350 g/mol. The Labute approximate surface area is 154 Å². The lowest BCUT2D eigenvalue weighted by Gasteiger charge is -2.09. The Kier molecular flexibility index (Phi) is 5.26. The summed E-state index contributed by atoms with van der Waals surface area (Å²) in [4.78, 5) is 23.2. The Balaban J connectivity index is 1.81. The fourth-order valence-electron chi connectivity index (χ4n) is 2.67. The van der Waals surface area contributed by atoms with Gasteiger partial charge in [0.25, 0.3) is 0 Å². The molecule has 3 aromatic rings. The molecule has 0 radical (unpaired) electrons. The fraction of sp³-hybridized carbons (Fsp3) is 0.0476. The fourth-order valence-corrected chi connectivity index (χ4v) is 2.67. The summed E-state index contributed by atoms with van der Waals surface area (Å²) in [5.41, 5.74) is 0.395. The highest BCUT2D eigenvalue weighted by Crippen LogP contribution is 2.24. The molecule has 0 aliphatic rings. The van der Waals surface area contributed by atoms with Crippen LogP contribution in [0.2, 0.25) is 0 Å². The van der Waals surface area contributed by atoms with Crippen molar-refractivity contribution in [3.63, 3.8) is 0 Å². The molecule has 0 heterocycles. The largest absolute Gasteiger partial charge is 0.324 e. The van der Waals surface area contributed by atoms with Crippen LogP contribution < -0.4 is 10.6 Å². The molecule has 0 saturated carbocycles. The highest BCUT2D eigenvalue weighted by Gasteiger charge is 2.12. The van der Waals surface area contributed by atoms with Crippen molar-refractivity contribution < 1.29 is 18.4 Å². The molecule has 4 nitrogen and oxygen atoms in total. The third kappa shape index (κ3) is 4.36. The molecule has 0 spiro atoms. The average Bonchev–Trinajstić information content (AvgIpc) is 2.63. The van der Waals surface area contributed by atoms with E-state index in [1.807, 2.05) is 42.5 Å². The van der Waals surface area contributed by atoms with Crippen LogP contribution in [0.3, 0.4) is 0 Å². The minimum atomic E-state index is -0.937. The van der Waals surface area contributed by atoms with E-state index in [4.69, 9.17) is 0 Å². The van der Waals surface area contributed by atoms with E-state index in [0.29, 0.717) is 6.07 Å². The molecule has 27 heavy (non-hydrogen) atoms. The minimum absolute atomic E-state index is 0.211. The lowest BCUT2D eigenvalue weighted by atomic mass is 10.0. The molecule has 136 valence electrons. The molecule has 3 rings (SSSR count).